The number of carbonyl (C=O) groups is 1. The van der Waals surface area contributed by atoms with Crippen molar-refractivity contribution in [3.63, 3.8) is 0 Å². The van der Waals surface area contributed by atoms with Gasteiger partial charge in [0.15, 0.2) is 0 Å². The van der Waals surface area contributed by atoms with Gasteiger partial charge in [0.05, 0.1) is 0 Å². The number of aliphatic carboxylic acids is 1. The molecule has 2 heteroatoms. The molecule has 0 aromatic heterocycles. The zero-order valence-corrected chi connectivity index (χ0v) is 5.88. The first-order chi connectivity index (χ1) is 4.77. The Hall–Kier alpha value is -0.530. The first-order valence-corrected chi connectivity index (χ1v) is 3.98. The van der Waals surface area contributed by atoms with E-state index in [2.05, 4.69) is 0 Å². The lowest BCUT2D eigenvalue weighted by Gasteiger charge is -2.21. The first-order valence-electron chi connectivity index (χ1n) is 3.98. The molecular formula is C8H11O2-. The molecule has 3 atom stereocenters. The second kappa shape index (κ2) is 1.97. The van der Waals surface area contributed by atoms with Crippen molar-refractivity contribution in [2.75, 3.05) is 0 Å². The molecule has 2 bridgehead atoms. The quantitative estimate of drug-likeness (QED) is 0.519. The second-order valence-electron chi connectivity index (χ2n) is 3.60. The Morgan fingerprint density at radius 2 is 2.10 bits per heavy atom. The van der Waals surface area contributed by atoms with Gasteiger partial charge in [-0.1, -0.05) is 6.42 Å². The van der Waals surface area contributed by atoms with Crippen LogP contribution >= 0.6 is 0 Å². The van der Waals surface area contributed by atoms with Crippen LogP contribution in [0.1, 0.15) is 25.7 Å². The van der Waals surface area contributed by atoms with Crippen LogP contribution in [0.3, 0.4) is 0 Å². The lowest BCUT2D eigenvalue weighted by molar-refractivity contribution is -0.313. The van der Waals surface area contributed by atoms with Gasteiger partial charge in [-0.25, -0.2) is 0 Å². The van der Waals surface area contributed by atoms with Crippen LogP contribution in [-0.4, -0.2) is 5.97 Å². The monoisotopic (exact) mass is 139 g/mol. The molecule has 0 amide bonds. The topological polar surface area (TPSA) is 40.1 Å². The number of carboxylic acids is 1. The van der Waals surface area contributed by atoms with E-state index in [9.17, 15) is 9.90 Å². The summed E-state index contributed by atoms with van der Waals surface area (Å²) < 4.78 is 0. The number of hydrogen-bond donors (Lipinski definition) is 0. The molecule has 0 aromatic rings. The molecule has 0 spiro atoms. The number of hydrogen-bond acceptors (Lipinski definition) is 2. The number of fused-ring (bicyclic) bond motifs is 2. The second-order valence-corrected chi connectivity index (χ2v) is 3.60. The maximum Gasteiger partial charge on any atom is 0.0448 e. The van der Waals surface area contributed by atoms with E-state index < -0.39 is 5.97 Å². The van der Waals surface area contributed by atoms with Gasteiger partial charge < -0.3 is 9.90 Å². The van der Waals surface area contributed by atoms with Crippen molar-refractivity contribution in [2.45, 2.75) is 25.7 Å². The van der Waals surface area contributed by atoms with Crippen LogP contribution in [0, 0.1) is 17.8 Å². The molecule has 2 aliphatic carbocycles. The Bertz CT molecular complexity index is 165. The van der Waals surface area contributed by atoms with Crippen molar-refractivity contribution in [1.29, 1.82) is 0 Å². The third kappa shape index (κ3) is 0.746. The van der Waals surface area contributed by atoms with E-state index in [0.717, 1.165) is 19.3 Å². The highest BCUT2D eigenvalue weighted by Crippen LogP contribution is 2.47. The molecule has 0 saturated heterocycles. The zero-order valence-electron chi connectivity index (χ0n) is 5.88. The summed E-state index contributed by atoms with van der Waals surface area (Å²) in [5, 5.41) is 10.5. The van der Waals surface area contributed by atoms with E-state index in [1.807, 2.05) is 0 Å². The maximum atomic E-state index is 10.5. The average Bonchev–Trinajstić information content (AvgIpc) is 2.44. The molecule has 2 nitrogen and oxygen atoms in total. The molecule has 0 aliphatic heterocycles. The third-order valence-electron chi connectivity index (χ3n) is 3.04. The lowest BCUT2D eigenvalue weighted by atomic mass is 9.89. The SMILES string of the molecule is O=C([O-])[C@H]1C[C@H]2CC[C@@H]1C2. The standard InChI is InChI=1S/C8H12O2/c9-8(10)7-4-5-1-2-6(7)3-5/h5-7H,1-4H2,(H,9,10)/p-1/t5-,6+,7-/m0/s1. The predicted octanol–water partition coefficient (Wildman–Crippen LogP) is 0.172. The number of rotatable bonds is 1. The molecule has 2 saturated carbocycles. The Morgan fingerprint density at radius 3 is 2.40 bits per heavy atom. The van der Waals surface area contributed by atoms with Gasteiger partial charge in [-0.2, -0.15) is 0 Å². The van der Waals surface area contributed by atoms with Crippen LogP contribution in [0.5, 0.6) is 0 Å². The maximum absolute atomic E-state index is 10.5. The van der Waals surface area contributed by atoms with Gasteiger partial charge in [-0.05, 0) is 31.1 Å². The minimum absolute atomic E-state index is 0.0984. The normalized spacial score (nSPS) is 44.2. The summed E-state index contributed by atoms with van der Waals surface area (Å²) in [6.07, 6.45) is 4.43. The predicted molar refractivity (Wildman–Crippen MR) is 33.9 cm³/mol. The fourth-order valence-corrected chi connectivity index (χ4v) is 2.53. The van der Waals surface area contributed by atoms with Gasteiger partial charge in [0.1, 0.15) is 0 Å². The summed E-state index contributed by atoms with van der Waals surface area (Å²) in [5.74, 6) is 0.272. The van der Waals surface area contributed by atoms with Crippen molar-refractivity contribution in [3.8, 4) is 0 Å². The Labute approximate surface area is 60.2 Å². The van der Waals surface area contributed by atoms with E-state index >= 15 is 0 Å². The number of carbonyl (C=O) groups excluding carboxylic acids is 1. The van der Waals surface area contributed by atoms with Gasteiger partial charge in [0.25, 0.3) is 0 Å². The molecule has 2 fully saturated rings. The van der Waals surface area contributed by atoms with Crippen molar-refractivity contribution in [2.24, 2.45) is 17.8 Å². The molecule has 0 unspecified atom stereocenters. The molecule has 0 heterocycles. The van der Waals surface area contributed by atoms with Gasteiger partial charge in [0.2, 0.25) is 0 Å². The molecule has 10 heavy (non-hydrogen) atoms. The van der Waals surface area contributed by atoms with Gasteiger partial charge in [0, 0.05) is 11.9 Å². The highest BCUT2D eigenvalue weighted by atomic mass is 16.4. The third-order valence-corrected chi connectivity index (χ3v) is 3.04. The van der Waals surface area contributed by atoms with Crippen LogP contribution in [-0.2, 0) is 4.79 Å². The largest absolute Gasteiger partial charge is 0.550 e. The first kappa shape index (κ1) is 6.20. The fraction of sp³-hybridized carbons (Fsp3) is 0.875. The minimum Gasteiger partial charge on any atom is -0.550 e. The molecule has 56 valence electrons. The summed E-state index contributed by atoms with van der Waals surface area (Å²) in [5.41, 5.74) is 0. The smallest absolute Gasteiger partial charge is 0.0448 e. The highest BCUT2D eigenvalue weighted by molar-refractivity contribution is 5.68. The van der Waals surface area contributed by atoms with Gasteiger partial charge >= 0.3 is 0 Å². The average molecular weight is 139 g/mol. The number of carboxylic acid groups (broad SMARTS) is 1. The van der Waals surface area contributed by atoms with Crippen molar-refractivity contribution < 1.29 is 9.90 Å². The molecular weight excluding hydrogens is 128 g/mol. The van der Waals surface area contributed by atoms with Crippen LogP contribution in [0.4, 0.5) is 0 Å². The van der Waals surface area contributed by atoms with Gasteiger partial charge in [-0.3, -0.25) is 0 Å². The Kier molecular flexibility index (Phi) is 1.22. The Balaban J connectivity index is 2.08. The molecule has 0 radical (unpaired) electrons. The van der Waals surface area contributed by atoms with Crippen LogP contribution in [0.25, 0.3) is 0 Å². The molecule has 0 N–H and O–H groups in total. The zero-order chi connectivity index (χ0) is 7.14. The summed E-state index contributed by atoms with van der Waals surface area (Å²) in [6.45, 7) is 0. The summed E-state index contributed by atoms with van der Waals surface area (Å²) in [6, 6.07) is 0. The van der Waals surface area contributed by atoms with Crippen LogP contribution in [0.2, 0.25) is 0 Å². The summed E-state index contributed by atoms with van der Waals surface area (Å²) in [4.78, 5) is 10.5. The van der Waals surface area contributed by atoms with Crippen molar-refractivity contribution in [1.82, 2.24) is 0 Å². The van der Waals surface area contributed by atoms with E-state index in [1.165, 1.54) is 6.42 Å². The summed E-state index contributed by atoms with van der Waals surface area (Å²) in [7, 11) is 0. The minimum atomic E-state index is -0.813. The lowest BCUT2D eigenvalue weighted by Crippen LogP contribution is -2.34. The molecule has 0 aromatic carbocycles. The molecule has 2 aliphatic rings. The van der Waals surface area contributed by atoms with Gasteiger partial charge in [-0.15, -0.1) is 0 Å². The highest BCUT2D eigenvalue weighted by Gasteiger charge is 2.39. The molecule has 2 rings (SSSR count). The Morgan fingerprint density at radius 1 is 1.30 bits per heavy atom. The van der Waals surface area contributed by atoms with E-state index in [4.69, 9.17) is 0 Å². The van der Waals surface area contributed by atoms with Crippen LogP contribution in [0.15, 0.2) is 0 Å². The van der Waals surface area contributed by atoms with Crippen molar-refractivity contribution in [3.05, 3.63) is 0 Å². The van der Waals surface area contributed by atoms with E-state index in [-0.39, 0.29) is 5.92 Å². The van der Waals surface area contributed by atoms with E-state index in [0.29, 0.717) is 11.8 Å². The van der Waals surface area contributed by atoms with Crippen molar-refractivity contribution >= 4 is 5.97 Å². The summed E-state index contributed by atoms with van der Waals surface area (Å²) >= 11 is 0. The fourth-order valence-electron chi connectivity index (χ4n) is 2.53. The van der Waals surface area contributed by atoms with Crippen LogP contribution < -0.4 is 5.11 Å². The van der Waals surface area contributed by atoms with E-state index in [1.54, 1.807) is 0 Å².